The first-order chi connectivity index (χ1) is 12.1. The third kappa shape index (κ3) is 8.35. The highest BCUT2D eigenvalue weighted by Gasteiger charge is 2.17. The molecule has 0 saturated carbocycles. The van der Waals surface area contributed by atoms with Gasteiger partial charge in [-0.2, -0.15) is 0 Å². The summed E-state index contributed by atoms with van der Waals surface area (Å²) < 4.78 is 37.4. The van der Waals surface area contributed by atoms with E-state index in [9.17, 15) is 13.2 Å². The third-order valence-electron chi connectivity index (χ3n) is 3.06. The second-order valence-corrected chi connectivity index (χ2v) is 8.40. The van der Waals surface area contributed by atoms with Gasteiger partial charge < -0.3 is 14.8 Å². The Balaban J connectivity index is 2.50. The Morgan fingerprint density at radius 1 is 1.23 bits per heavy atom. The number of halogens is 1. The minimum atomic E-state index is -3.63. The summed E-state index contributed by atoms with van der Waals surface area (Å²) in [5, 5.41) is 2.83. The Hall–Kier alpha value is -1.35. The van der Waals surface area contributed by atoms with Gasteiger partial charge in [-0.15, -0.1) is 0 Å². The lowest BCUT2D eigenvalue weighted by atomic mass is 10.3. The van der Waals surface area contributed by atoms with Crippen molar-refractivity contribution in [1.29, 1.82) is 0 Å². The molecule has 0 heterocycles. The summed E-state index contributed by atoms with van der Waals surface area (Å²) in [4.78, 5) is 11.8. The van der Waals surface area contributed by atoms with Gasteiger partial charge in [0, 0.05) is 19.2 Å². The molecule has 0 atom stereocenters. The molecular weight excluding hydrogens is 380 g/mol. The topological polar surface area (TPSA) is 93.7 Å². The lowest BCUT2D eigenvalue weighted by molar-refractivity contribution is -0.123. The quantitative estimate of drug-likeness (QED) is 0.550. The summed E-state index contributed by atoms with van der Waals surface area (Å²) in [6, 6.07) is 3.88. The van der Waals surface area contributed by atoms with E-state index >= 15 is 0 Å². The van der Waals surface area contributed by atoms with Crippen LogP contribution in [0, 0.1) is 0 Å². The van der Waals surface area contributed by atoms with Crippen LogP contribution in [0.3, 0.4) is 0 Å². The van der Waals surface area contributed by atoms with Crippen molar-refractivity contribution < 1.29 is 22.7 Å². The molecule has 0 bridgehead atoms. The van der Waals surface area contributed by atoms with Crippen molar-refractivity contribution in [3.63, 3.8) is 0 Å². The normalized spacial score (nSPS) is 11.8. The fraction of sp³-hybridized carbons (Fsp3) is 0.588. The average Bonchev–Trinajstić information content (AvgIpc) is 2.51. The molecule has 0 spiro atoms. The minimum Gasteiger partial charge on any atom is -0.482 e. The number of ether oxygens (including phenoxy) is 2. The number of nitrogens with one attached hydrogen (secondary N) is 2. The van der Waals surface area contributed by atoms with Crippen molar-refractivity contribution in [3.8, 4) is 5.75 Å². The van der Waals surface area contributed by atoms with Gasteiger partial charge in [0.1, 0.15) is 5.75 Å². The van der Waals surface area contributed by atoms with Crippen molar-refractivity contribution >= 4 is 27.5 Å². The Morgan fingerprint density at radius 2 is 1.92 bits per heavy atom. The first-order valence-corrected chi connectivity index (χ1v) is 10.3. The standard InChI is InChI=1S/C17H27ClN2O5S/c1-12(2)20-26(22,23)14-6-7-16(15(18)10-14)25-11-17(21)19-8-5-9-24-13(3)4/h6-7,10,12-13,20H,5,8-9,11H2,1-4H3,(H,19,21). The van der Waals surface area contributed by atoms with Crippen LogP contribution in [-0.2, 0) is 19.6 Å². The molecule has 1 aromatic rings. The molecule has 0 unspecified atom stereocenters. The van der Waals surface area contributed by atoms with Crippen molar-refractivity contribution in [1.82, 2.24) is 10.0 Å². The van der Waals surface area contributed by atoms with Crippen molar-refractivity contribution in [2.24, 2.45) is 0 Å². The third-order valence-corrected chi connectivity index (χ3v) is 5.01. The van der Waals surface area contributed by atoms with Crippen LogP contribution in [0.15, 0.2) is 23.1 Å². The second kappa shape index (κ2) is 10.7. The molecule has 7 nitrogen and oxygen atoms in total. The molecule has 9 heteroatoms. The number of amides is 1. The van der Waals surface area contributed by atoms with Crippen LogP contribution < -0.4 is 14.8 Å². The number of carbonyl (C=O) groups excluding carboxylic acids is 1. The smallest absolute Gasteiger partial charge is 0.257 e. The van der Waals surface area contributed by atoms with Gasteiger partial charge in [-0.1, -0.05) is 11.6 Å². The minimum absolute atomic E-state index is 0.0400. The summed E-state index contributed by atoms with van der Waals surface area (Å²) in [7, 11) is -3.63. The zero-order valence-electron chi connectivity index (χ0n) is 15.5. The molecule has 148 valence electrons. The van der Waals surface area contributed by atoms with Gasteiger partial charge in [0.05, 0.1) is 16.0 Å². The summed E-state index contributed by atoms with van der Waals surface area (Å²) in [5.74, 6) is -0.0442. The van der Waals surface area contributed by atoms with E-state index in [1.165, 1.54) is 18.2 Å². The molecule has 0 aliphatic heterocycles. The van der Waals surface area contributed by atoms with Crippen LogP contribution in [0.4, 0.5) is 0 Å². The van der Waals surface area contributed by atoms with Crippen LogP contribution in [-0.4, -0.2) is 46.2 Å². The van der Waals surface area contributed by atoms with E-state index in [4.69, 9.17) is 21.1 Å². The van der Waals surface area contributed by atoms with E-state index in [1.54, 1.807) is 13.8 Å². The van der Waals surface area contributed by atoms with Crippen molar-refractivity contribution in [3.05, 3.63) is 23.2 Å². The van der Waals surface area contributed by atoms with Gasteiger partial charge in [0.15, 0.2) is 6.61 Å². The average molecular weight is 407 g/mol. The number of rotatable bonds is 11. The highest BCUT2D eigenvalue weighted by molar-refractivity contribution is 7.89. The van der Waals surface area contributed by atoms with Gasteiger partial charge in [-0.05, 0) is 52.3 Å². The first-order valence-electron chi connectivity index (χ1n) is 8.45. The van der Waals surface area contributed by atoms with E-state index in [2.05, 4.69) is 10.0 Å². The Morgan fingerprint density at radius 3 is 2.50 bits per heavy atom. The lowest BCUT2D eigenvalue weighted by Gasteiger charge is -2.12. The lowest BCUT2D eigenvalue weighted by Crippen LogP contribution is -2.30. The summed E-state index contributed by atoms with van der Waals surface area (Å²) in [6.07, 6.45) is 0.874. The Labute approximate surface area is 160 Å². The number of hydrogen-bond acceptors (Lipinski definition) is 5. The number of sulfonamides is 1. The molecule has 0 aromatic heterocycles. The molecular formula is C17H27ClN2O5S. The SMILES string of the molecule is CC(C)NS(=O)(=O)c1ccc(OCC(=O)NCCCOC(C)C)c(Cl)c1. The van der Waals surface area contributed by atoms with Gasteiger partial charge >= 0.3 is 0 Å². The van der Waals surface area contributed by atoms with Crippen molar-refractivity contribution in [2.45, 2.75) is 51.2 Å². The van der Waals surface area contributed by atoms with Gasteiger partial charge in [0.25, 0.3) is 5.91 Å². The molecule has 0 aliphatic rings. The second-order valence-electron chi connectivity index (χ2n) is 6.28. The van der Waals surface area contributed by atoms with E-state index in [0.29, 0.717) is 19.6 Å². The van der Waals surface area contributed by atoms with Crippen LogP contribution in [0.25, 0.3) is 0 Å². The summed E-state index contributed by atoms with van der Waals surface area (Å²) >= 11 is 6.07. The highest BCUT2D eigenvalue weighted by Crippen LogP contribution is 2.27. The molecule has 1 aromatic carbocycles. The molecule has 0 saturated heterocycles. The van der Waals surface area contributed by atoms with Crippen molar-refractivity contribution in [2.75, 3.05) is 19.8 Å². The van der Waals surface area contributed by atoms with Gasteiger partial charge in [-0.25, -0.2) is 13.1 Å². The van der Waals surface area contributed by atoms with E-state index in [-0.39, 0.29) is 40.3 Å². The van der Waals surface area contributed by atoms with Gasteiger partial charge in [-0.3, -0.25) is 4.79 Å². The molecule has 26 heavy (non-hydrogen) atoms. The highest BCUT2D eigenvalue weighted by atomic mass is 35.5. The van der Waals surface area contributed by atoms with Crippen LogP contribution in [0.2, 0.25) is 5.02 Å². The summed E-state index contributed by atoms with van der Waals surface area (Å²) in [5.41, 5.74) is 0. The summed E-state index contributed by atoms with van der Waals surface area (Å²) in [6.45, 7) is 8.21. The fourth-order valence-electron chi connectivity index (χ4n) is 1.96. The van der Waals surface area contributed by atoms with Crippen LogP contribution in [0.5, 0.6) is 5.75 Å². The van der Waals surface area contributed by atoms with Gasteiger partial charge in [0.2, 0.25) is 10.0 Å². The monoisotopic (exact) mass is 406 g/mol. The zero-order chi connectivity index (χ0) is 19.7. The predicted molar refractivity (Wildman–Crippen MR) is 101 cm³/mol. The maximum atomic E-state index is 12.1. The molecule has 2 N–H and O–H groups in total. The number of hydrogen-bond donors (Lipinski definition) is 2. The fourth-order valence-corrected chi connectivity index (χ4v) is 3.53. The van der Waals surface area contributed by atoms with E-state index in [1.807, 2.05) is 13.8 Å². The maximum absolute atomic E-state index is 12.1. The number of carbonyl (C=O) groups is 1. The zero-order valence-corrected chi connectivity index (χ0v) is 17.1. The molecule has 1 rings (SSSR count). The largest absolute Gasteiger partial charge is 0.482 e. The molecule has 0 radical (unpaired) electrons. The Kier molecular flexibility index (Phi) is 9.35. The van der Waals surface area contributed by atoms with E-state index in [0.717, 1.165) is 0 Å². The number of benzene rings is 1. The molecule has 1 amide bonds. The first kappa shape index (κ1) is 22.7. The molecule has 0 aliphatic carbocycles. The predicted octanol–water partition coefficient (Wildman–Crippen LogP) is 2.34. The van der Waals surface area contributed by atoms with Crippen LogP contribution in [0.1, 0.15) is 34.1 Å². The Bertz CT molecular complexity index is 692. The van der Waals surface area contributed by atoms with Crippen LogP contribution >= 0.6 is 11.6 Å². The van der Waals surface area contributed by atoms with E-state index < -0.39 is 10.0 Å². The maximum Gasteiger partial charge on any atom is 0.257 e. The molecule has 0 fully saturated rings.